The molecule has 1 saturated carbocycles. The molecule has 126 valence electrons. The first-order chi connectivity index (χ1) is 9.82. The lowest BCUT2D eigenvalue weighted by Gasteiger charge is -2.32. The number of aliphatic hydroxyl groups excluding tert-OH is 2. The van der Waals surface area contributed by atoms with E-state index in [1.54, 1.807) is 0 Å². The smallest absolute Gasteiger partial charge is 0.0897 e. The molecule has 21 heavy (non-hydrogen) atoms. The molecule has 4 heteroatoms. The molecule has 0 aromatic heterocycles. The Hall–Kier alpha value is -0.160. The second-order valence-corrected chi connectivity index (χ2v) is 7.72. The van der Waals surface area contributed by atoms with Gasteiger partial charge in [0.1, 0.15) is 0 Å². The fourth-order valence-electron chi connectivity index (χ4n) is 3.08. The van der Waals surface area contributed by atoms with Gasteiger partial charge in [-0.1, -0.05) is 40.5 Å². The number of ether oxygens (including phenoxy) is 1. The van der Waals surface area contributed by atoms with Crippen LogP contribution in [0.15, 0.2) is 0 Å². The Morgan fingerprint density at radius 1 is 1.29 bits per heavy atom. The molecule has 0 aromatic rings. The third-order valence-corrected chi connectivity index (χ3v) is 4.48. The molecule has 1 aliphatic carbocycles. The monoisotopic (exact) mass is 301 g/mol. The molecule has 4 unspecified atom stereocenters. The summed E-state index contributed by atoms with van der Waals surface area (Å²) in [5.74, 6) is 0.744. The van der Waals surface area contributed by atoms with Crippen LogP contribution in [0.25, 0.3) is 0 Å². The summed E-state index contributed by atoms with van der Waals surface area (Å²) in [6, 6.07) is 0.201. The van der Waals surface area contributed by atoms with Crippen LogP contribution < -0.4 is 5.32 Å². The fraction of sp³-hybridized carbons (Fsp3) is 1.00. The summed E-state index contributed by atoms with van der Waals surface area (Å²) < 4.78 is 5.85. The molecule has 0 saturated heterocycles. The van der Waals surface area contributed by atoms with Gasteiger partial charge >= 0.3 is 0 Å². The van der Waals surface area contributed by atoms with Gasteiger partial charge in [0.25, 0.3) is 0 Å². The summed E-state index contributed by atoms with van der Waals surface area (Å²) in [6.07, 6.45) is 5.33. The van der Waals surface area contributed by atoms with E-state index in [0.29, 0.717) is 25.7 Å². The van der Waals surface area contributed by atoms with Crippen molar-refractivity contribution in [1.82, 2.24) is 5.32 Å². The lowest BCUT2D eigenvalue weighted by Crippen LogP contribution is -2.45. The van der Waals surface area contributed by atoms with Crippen LogP contribution in [0.5, 0.6) is 0 Å². The standard InChI is InChI=1S/C17H35NO3/c1-13-6-5-7-15(10-13)21-12-14(20)11-18-16(8-9-19)17(2,3)4/h13-16,18-20H,5-12H2,1-4H3. The summed E-state index contributed by atoms with van der Waals surface area (Å²) in [7, 11) is 0. The third kappa shape index (κ3) is 7.59. The topological polar surface area (TPSA) is 61.7 Å². The van der Waals surface area contributed by atoms with Gasteiger partial charge in [0.05, 0.1) is 18.8 Å². The van der Waals surface area contributed by atoms with E-state index in [9.17, 15) is 5.11 Å². The Balaban J connectivity index is 2.24. The Labute approximate surface area is 130 Å². The average molecular weight is 301 g/mol. The highest BCUT2D eigenvalue weighted by atomic mass is 16.5. The van der Waals surface area contributed by atoms with E-state index in [0.717, 1.165) is 18.8 Å². The maximum Gasteiger partial charge on any atom is 0.0897 e. The van der Waals surface area contributed by atoms with Gasteiger partial charge in [0.15, 0.2) is 0 Å². The van der Waals surface area contributed by atoms with E-state index in [4.69, 9.17) is 9.84 Å². The van der Waals surface area contributed by atoms with Crippen molar-refractivity contribution < 1.29 is 14.9 Å². The number of hydrogen-bond acceptors (Lipinski definition) is 4. The van der Waals surface area contributed by atoms with Crippen LogP contribution in [-0.2, 0) is 4.74 Å². The Morgan fingerprint density at radius 3 is 2.57 bits per heavy atom. The van der Waals surface area contributed by atoms with Crippen molar-refractivity contribution in [2.45, 2.75) is 78.0 Å². The Bertz CT molecular complexity index is 278. The van der Waals surface area contributed by atoms with Crippen molar-refractivity contribution in [2.75, 3.05) is 19.8 Å². The molecule has 0 radical (unpaired) electrons. The quantitative estimate of drug-likeness (QED) is 0.644. The van der Waals surface area contributed by atoms with Gasteiger partial charge in [-0.05, 0) is 30.6 Å². The second kappa shape index (κ2) is 9.09. The minimum absolute atomic E-state index is 0.0715. The maximum atomic E-state index is 10.1. The summed E-state index contributed by atoms with van der Waals surface area (Å²) in [5, 5.41) is 22.6. The Kier molecular flexibility index (Phi) is 8.17. The van der Waals surface area contributed by atoms with E-state index in [1.165, 1.54) is 12.8 Å². The van der Waals surface area contributed by atoms with Crippen molar-refractivity contribution in [3.63, 3.8) is 0 Å². The molecular weight excluding hydrogens is 266 g/mol. The molecule has 0 aliphatic heterocycles. The highest BCUT2D eigenvalue weighted by molar-refractivity contribution is 4.81. The molecule has 1 aliphatic rings. The average Bonchev–Trinajstić information content (AvgIpc) is 2.40. The molecule has 4 nitrogen and oxygen atoms in total. The molecule has 1 fully saturated rings. The van der Waals surface area contributed by atoms with Crippen molar-refractivity contribution in [1.29, 1.82) is 0 Å². The highest BCUT2D eigenvalue weighted by Crippen LogP contribution is 2.25. The second-order valence-electron chi connectivity index (χ2n) is 7.72. The van der Waals surface area contributed by atoms with E-state index < -0.39 is 6.10 Å². The van der Waals surface area contributed by atoms with E-state index in [-0.39, 0.29) is 18.1 Å². The van der Waals surface area contributed by atoms with Crippen LogP contribution in [0.2, 0.25) is 0 Å². The zero-order valence-corrected chi connectivity index (χ0v) is 14.3. The fourth-order valence-corrected chi connectivity index (χ4v) is 3.08. The molecule has 0 heterocycles. The molecule has 1 rings (SSSR count). The SMILES string of the molecule is CC1CCCC(OCC(O)CNC(CCO)C(C)(C)C)C1. The van der Waals surface area contributed by atoms with Crippen LogP contribution in [-0.4, -0.2) is 48.2 Å². The number of hydrogen-bond donors (Lipinski definition) is 3. The van der Waals surface area contributed by atoms with Crippen molar-refractivity contribution in [3.05, 3.63) is 0 Å². The molecule has 0 spiro atoms. The zero-order chi connectivity index (χ0) is 15.9. The first-order valence-electron chi connectivity index (χ1n) is 8.46. The van der Waals surface area contributed by atoms with Gasteiger partial charge in [0, 0.05) is 19.2 Å². The highest BCUT2D eigenvalue weighted by Gasteiger charge is 2.25. The van der Waals surface area contributed by atoms with Gasteiger partial charge < -0.3 is 20.3 Å². The van der Waals surface area contributed by atoms with Crippen molar-refractivity contribution in [2.24, 2.45) is 11.3 Å². The van der Waals surface area contributed by atoms with Crippen molar-refractivity contribution >= 4 is 0 Å². The van der Waals surface area contributed by atoms with Gasteiger partial charge in [-0.15, -0.1) is 0 Å². The first-order valence-corrected chi connectivity index (χ1v) is 8.46. The predicted molar refractivity (Wildman–Crippen MR) is 86.3 cm³/mol. The molecule has 4 atom stereocenters. The van der Waals surface area contributed by atoms with E-state index in [1.807, 2.05) is 0 Å². The van der Waals surface area contributed by atoms with Gasteiger partial charge in [0.2, 0.25) is 0 Å². The Morgan fingerprint density at radius 2 is 2.00 bits per heavy atom. The molecule has 0 aromatic carbocycles. The van der Waals surface area contributed by atoms with Crippen LogP contribution >= 0.6 is 0 Å². The largest absolute Gasteiger partial charge is 0.396 e. The van der Waals surface area contributed by atoms with Gasteiger partial charge in [-0.2, -0.15) is 0 Å². The van der Waals surface area contributed by atoms with Gasteiger partial charge in [-0.3, -0.25) is 0 Å². The summed E-state index contributed by atoms with van der Waals surface area (Å²) in [4.78, 5) is 0. The zero-order valence-electron chi connectivity index (χ0n) is 14.3. The first kappa shape index (κ1) is 18.9. The van der Waals surface area contributed by atoms with Crippen molar-refractivity contribution in [3.8, 4) is 0 Å². The number of aliphatic hydroxyl groups is 2. The van der Waals surface area contributed by atoms with E-state index >= 15 is 0 Å². The normalized spacial score (nSPS) is 26.6. The summed E-state index contributed by atoms with van der Waals surface area (Å²) >= 11 is 0. The molecule has 3 N–H and O–H groups in total. The number of rotatable bonds is 8. The molecular formula is C17H35NO3. The lowest BCUT2D eigenvalue weighted by atomic mass is 9.85. The minimum Gasteiger partial charge on any atom is -0.396 e. The number of nitrogens with one attached hydrogen (secondary N) is 1. The third-order valence-electron chi connectivity index (χ3n) is 4.48. The molecule has 0 amide bonds. The minimum atomic E-state index is -0.481. The summed E-state index contributed by atoms with van der Waals surface area (Å²) in [5.41, 5.74) is 0.0715. The maximum absolute atomic E-state index is 10.1. The van der Waals surface area contributed by atoms with Crippen LogP contribution in [0.3, 0.4) is 0 Å². The van der Waals surface area contributed by atoms with Crippen LogP contribution in [0.1, 0.15) is 59.8 Å². The van der Waals surface area contributed by atoms with Crippen LogP contribution in [0, 0.1) is 11.3 Å². The van der Waals surface area contributed by atoms with Crippen LogP contribution in [0.4, 0.5) is 0 Å². The van der Waals surface area contributed by atoms with Gasteiger partial charge in [-0.25, -0.2) is 0 Å². The molecule has 0 bridgehead atoms. The predicted octanol–water partition coefficient (Wildman–Crippen LogP) is 2.33. The summed E-state index contributed by atoms with van der Waals surface area (Å²) in [6.45, 7) is 9.80. The van der Waals surface area contributed by atoms with E-state index in [2.05, 4.69) is 33.0 Å². The lowest BCUT2D eigenvalue weighted by molar-refractivity contribution is -0.0322.